The molecule has 0 fully saturated rings. The molecule has 1 aliphatic heterocycles. The summed E-state index contributed by atoms with van der Waals surface area (Å²) in [6, 6.07) is 8.95. The van der Waals surface area contributed by atoms with Crippen molar-refractivity contribution in [3.63, 3.8) is 0 Å². The third kappa shape index (κ3) is 5.53. The van der Waals surface area contributed by atoms with Gasteiger partial charge in [-0.1, -0.05) is 31.5 Å². The zero-order valence-corrected chi connectivity index (χ0v) is 19.5. The fraction of sp³-hybridized carbons (Fsp3) is 0.381. The molecule has 30 heavy (non-hydrogen) atoms. The monoisotopic (exact) mass is 496 g/mol. The lowest BCUT2D eigenvalue weighted by Gasteiger charge is -2.22. The number of hydrogen-bond donors (Lipinski definition) is 2. The molecular weight excluding hydrogens is 472 g/mol. The molecule has 0 aromatic heterocycles. The first-order valence-corrected chi connectivity index (χ1v) is 11.9. The molecule has 1 heterocycles. The van der Waals surface area contributed by atoms with Crippen LogP contribution in [0.1, 0.15) is 25.8 Å². The van der Waals surface area contributed by atoms with E-state index in [1.54, 1.807) is 24.3 Å². The first-order chi connectivity index (χ1) is 14.2. The molecule has 3 rings (SSSR count). The molecule has 0 bridgehead atoms. The highest BCUT2D eigenvalue weighted by atomic mass is 79.9. The molecule has 1 atom stereocenters. The van der Waals surface area contributed by atoms with Crippen LogP contribution in [0.3, 0.4) is 0 Å². The van der Waals surface area contributed by atoms with Crippen molar-refractivity contribution in [3.05, 3.63) is 46.4 Å². The van der Waals surface area contributed by atoms with Crippen LogP contribution in [-0.4, -0.2) is 33.6 Å². The van der Waals surface area contributed by atoms with Crippen LogP contribution in [0.25, 0.3) is 0 Å². The number of anilines is 1. The fourth-order valence-electron chi connectivity index (χ4n) is 3.03. The number of rotatable bonds is 7. The molecule has 1 unspecified atom stereocenters. The Balaban J connectivity index is 1.81. The summed E-state index contributed by atoms with van der Waals surface area (Å²) in [5.41, 5.74) is 1.43. The van der Waals surface area contributed by atoms with E-state index < -0.39 is 22.0 Å². The minimum atomic E-state index is -3.85. The van der Waals surface area contributed by atoms with E-state index in [-0.39, 0.29) is 10.8 Å². The van der Waals surface area contributed by atoms with Crippen molar-refractivity contribution in [2.45, 2.75) is 38.1 Å². The first kappa shape index (κ1) is 22.6. The first-order valence-electron chi connectivity index (χ1n) is 9.64. The Labute approximate surface area is 185 Å². The van der Waals surface area contributed by atoms with E-state index in [4.69, 9.17) is 9.47 Å². The fourth-order valence-corrected chi connectivity index (χ4v) is 4.66. The second kappa shape index (κ2) is 9.36. The molecule has 9 heteroatoms. The lowest BCUT2D eigenvalue weighted by Crippen LogP contribution is -2.44. The number of fused-ring (bicyclic) bond motifs is 1. The number of carbonyl (C=O) groups is 1. The van der Waals surface area contributed by atoms with Gasteiger partial charge in [0, 0.05) is 16.6 Å². The molecule has 0 aliphatic carbocycles. The predicted octanol–water partition coefficient (Wildman–Crippen LogP) is 3.86. The highest BCUT2D eigenvalue weighted by Crippen LogP contribution is 2.38. The van der Waals surface area contributed by atoms with Gasteiger partial charge in [-0.3, -0.25) is 4.79 Å². The maximum Gasteiger partial charge on any atom is 0.242 e. The summed E-state index contributed by atoms with van der Waals surface area (Å²) in [6.07, 6.45) is 0.346. The van der Waals surface area contributed by atoms with Crippen LogP contribution in [0.15, 0.2) is 45.8 Å². The summed E-state index contributed by atoms with van der Waals surface area (Å²) in [7, 11) is -3.85. The molecule has 2 N–H and O–H groups in total. The Hall–Kier alpha value is -2.10. The number of aryl methyl sites for hydroxylation is 1. The average molecular weight is 497 g/mol. The topological polar surface area (TPSA) is 93.7 Å². The van der Waals surface area contributed by atoms with Crippen molar-refractivity contribution in [1.29, 1.82) is 0 Å². The van der Waals surface area contributed by atoms with Gasteiger partial charge in [-0.2, -0.15) is 4.72 Å². The van der Waals surface area contributed by atoms with Crippen molar-refractivity contribution in [1.82, 2.24) is 4.72 Å². The van der Waals surface area contributed by atoms with Gasteiger partial charge in [0.25, 0.3) is 0 Å². The summed E-state index contributed by atoms with van der Waals surface area (Å²) in [5.74, 6) is 0.771. The largest absolute Gasteiger partial charge is 0.486 e. The zero-order chi connectivity index (χ0) is 21.9. The molecular formula is C21H25BrN2O5S. The van der Waals surface area contributed by atoms with E-state index >= 15 is 0 Å². The van der Waals surface area contributed by atoms with Crippen molar-refractivity contribution in [2.24, 2.45) is 5.92 Å². The van der Waals surface area contributed by atoms with Crippen LogP contribution < -0.4 is 19.5 Å². The van der Waals surface area contributed by atoms with Gasteiger partial charge in [-0.25, -0.2) is 8.42 Å². The molecule has 162 valence electrons. The third-order valence-electron chi connectivity index (χ3n) is 4.54. The van der Waals surface area contributed by atoms with E-state index in [1.807, 2.05) is 20.8 Å². The summed E-state index contributed by atoms with van der Waals surface area (Å²) < 4.78 is 39.9. The van der Waals surface area contributed by atoms with Gasteiger partial charge < -0.3 is 14.8 Å². The Morgan fingerprint density at radius 3 is 2.30 bits per heavy atom. The molecule has 1 aliphatic rings. The SMILES string of the molecule is Cc1ccc(S(=O)(=O)NC(CC(C)C)C(=O)Nc2cc3c(cc2Br)OCCO3)cc1. The second-order valence-corrected chi connectivity index (χ2v) is 10.1. The molecule has 2 aromatic carbocycles. The van der Waals surface area contributed by atoms with Gasteiger partial charge in [-0.05, 0) is 47.3 Å². The van der Waals surface area contributed by atoms with Crippen molar-refractivity contribution < 1.29 is 22.7 Å². The molecule has 0 saturated heterocycles. The van der Waals surface area contributed by atoms with Crippen LogP contribution in [0.5, 0.6) is 11.5 Å². The highest BCUT2D eigenvalue weighted by Gasteiger charge is 2.27. The van der Waals surface area contributed by atoms with Gasteiger partial charge in [0.1, 0.15) is 19.3 Å². The summed E-state index contributed by atoms with van der Waals surface area (Å²) in [4.78, 5) is 13.1. The molecule has 2 aromatic rings. The normalized spacial score (nSPS) is 14.4. The van der Waals surface area contributed by atoms with Crippen molar-refractivity contribution >= 4 is 37.5 Å². The zero-order valence-electron chi connectivity index (χ0n) is 17.1. The number of amides is 1. The third-order valence-corrected chi connectivity index (χ3v) is 6.69. The summed E-state index contributed by atoms with van der Waals surface area (Å²) in [5, 5.41) is 2.80. The quantitative estimate of drug-likeness (QED) is 0.606. The number of hydrogen-bond acceptors (Lipinski definition) is 5. The van der Waals surface area contributed by atoms with Crippen LogP contribution >= 0.6 is 15.9 Å². The van der Waals surface area contributed by atoms with E-state index in [0.717, 1.165) is 5.56 Å². The minimum absolute atomic E-state index is 0.102. The van der Waals surface area contributed by atoms with Crippen molar-refractivity contribution in [3.8, 4) is 11.5 Å². The van der Waals surface area contributed by atoms with E-state index in [1.165, 1.54) is 12.1 Å². The molecule has 0 radical (unpaired) electrons. The minimum Gasteiger partial charge on any atom is -0.486 e. The number of nitrogens with one attached hydrogen (secondary N) is 2. The number of ether oxygens (including phenoxy) is 2. The van der Waals surface area contributed by atoms with E-state index in [9.17, 15) is 13.2 Å². The maximum atomic E-state index is 13.0. The Morgan fingerprint density at radius 2 is 1.70 bits per heavy atom. The standard InChI is InChI=1S/C21H25BrN2O5S/c1-13(2)10-18(24-30(26,27)15-6-4-14(3)5-7-15)21(25)23-17-12-20-19(11-16(17)22)28-8-9-29-20/h4-7,11-13,18,24H,8-10H2,1-3H3,(H,23,25). The maximum absolute atomic E-state index is 13.0. The van der Waals surface area contributed by atoms with Gasteiger partial charge in [-0.15, -0.1) is 0 Å². The average Bonchev–Trinajstić information content (AvgIpc) is 2.68. The predicted molar refractivity (Wildman–Crippen MR) is 119 cm³/mol. The van der Waals surface area contributed by atoms with Crippen LogP contribution in [0.2, 0.25) is 0 Å². The number of benzene rings is 2. The highest BCUT2D eigenvalue weighted by molar-refractivity contribution is 9.10. The number of sulfonamides is 1. The smallest absolute Gasteiger partial charge is 0.242 e. The molecule has 1 amide bonds. The molecule has 7 nitrogen and oxygen atoms in total. The van der Waals surface area contributed by atoms with Crippen molar-refractivity contribution in [2.75, 3.05) is 18.5 Å². The lowest BCUT2D eigenvalue weighted by molar-refractivity contribution is -0.118. The van der Waals surface area contributed by atoms with Crippen LogP contribution in [-0.2, 0) is 14.8 Å². The second-order valence-electron chi connectivity index (χ2n) is 7.58. The Kier molecular flexibility index (Phi) is 7.05. The lowest BCUT2D eigenvalue weighted by atomic mass is 10.0. The van der Waals surface area contributed by atoms with Crippen LogP contribution in [0.4, 0.5) is 5.69 Å². The van der Waals surface area contributed by atoms with Gasteiger partial charge >= 0.3 is 0 Å². The van der Waals surface area contributed by atoms with Crippen LogP contribution in [0, 0.1) is 12.8 Å². The van der Waals surface area contributed by atoms with Gasteiger partial charge in [0.2, 0.25) is 15.9 Å². The number of carbonyl (C=O) groups excluding carboxylic acids is 1. The van der Waals surface area contributed by atoms with Gasteiger partial charge in [0.15, 0.2) is 11.5 Å². The van der Waals surface area contributed by atoms with E-state index in [0.29, 0.717) is 41.3 Å². The Morgan fingerprint density at radius 1 is 1.10 bits per heavy atom. The summed E-state index contributed by atoms with van der Waals surface area (Å²) in [6.45, 7) is 6.63. The molecule has 0 spiro atoms. The summed E-state index contributed by atoms with van der Waals surface area (Å²) >= 11 is 3.42. The Bertz CT molecular complexity index is 1020. The van der Waals surface area contributed by atoms with Gasteiger partial charge in [0.05, 0.1) is 10.6 Å². The molecule has 0 saturated carbocycles. The van der Waals surface area contributed by atoms with E-state index in [2.05, 4.69) is 26.0 Å². The number of halogens is 1.